The van der Waals surface area contributed by atoms with Gasteiger partial charge in [0.05, 0.1) is 0 Å². The number of hydrogen-bond donors (Lipinski definition) is 2. The maximum Gasteiger partial charge on any atom is 0.289 e. The molecule has 1 rings (SSSR count). The standard InChI is InChI=1S/C9H16N2O3/c1-10-3-2-4-11-9(12)8-7-13-5-6-14-8/h7,10H,2-6H2,1H3,(H,11,12). The average Bonchev–Trinajstić information content (AvgIpc) is 2.25. The van der Waals surface area contributed by atoms with Gasteiger partial charge in [0.2, 0.25) is 5.76 Å². The van der Waals surface area contributed by atoms with Crippen LogP contribution in [0.4, 0.5) is 0 Å². The van der Waals surface area contributed by atoms with E-state index < -0.39 is 0 Å². The zero-order valence-corrected chi connectivity index (χ0v) is 8.34. The van der Waals surface area contributed by atoms with E-state index >= 15 is 0 Å². The third kappa shape index (κ3) is 3.66. The molecule has 14 heavy (non-hydrogen) atoms. The van der Waals surface area contributed by atoms with E-state index in [-0.39, 0.29) is 11.7 Å². The molecule has 1 heterocycles. The Morgan fingerprint density at radius 1 is 1.50 bits per heavy atom. The number of ether oxygens (including phenoxy) is 2. The van der Waals surface area contributed by atoms with Gasteiger partial charge in [0.25, 0.3) is 5.91 Å². The van der Waals surface area contributed by atoms with Crippen molar-refractivity contribution in [1.29, 1.82) is 0 Å². The van der Waals surface area contributed by atoms with Gasteiger partial charge in [-0.1, -0.05) is 0 Å². The maximum atomic E-state index is 11.4. The van der Waals surface area contributed by atoms with E-state index in [0.29, 0.717) is 19.8 Å². The second kappa shape index (κ2) is 6.26. The third-order valence-electron chi connectivity index (χ3n) is 1.76. The predicted octanol–water partition coefficient (Wildman–Crippen LogP) is -0.400. The van der Waals surface area contributed by atoms with E-state index in [4.69, 9.17) is 9.47 Å². The number of amides is 1. The van der Waals surface area contributed by atoms with Gasteiger partial charge in [-0.2, -0.15) is 0 Å². The van der Waals surface area contributed by atoms with Gasteiger partial charge in [0.1, 0.15) is 19.5 Å². The minimum atomic E-state index is -0.208. The molecule has 0 unspecified atom stereocenters. The second-order valence-electron chi connectivity index (χ2n) is 2.91. The molecule has 1 aliphatic rings. The molecular weight excluding hydrogens is 184 g/mol. The van der Waals surface area contributed by atoms with Gasteiger partial charge in [-0.3, -0.25) is 4.79 Å². The van der Waals surface area contributed by atoms with Gasteiger partial charge in [-0.15, -0.1) is 0 Å². The van der Waals surface area contributed by atoms with E-state index in [2.05, 4.69) is 10.6 Å². The van der Waals surface area contributed by atoms with E-state index in [0.717, 1.165) is 13.0 Å². The largest absolute Gasteiger partial charge is 0.494 e. The fourth-order valence-corrected chi connectivity index (χ4v) is 1.04. The van der Waals surface area contributed by atoms with Crippen LogP contribution in [0.3, 0.4) is 0 Å². The number of rotatable bonds is 5. The smallest absolute Gasteiger partial charge is 0.289 e. The van der Waals surface area contributed by atoms with Crippen molar-refractivity contribution in [3.63, 3.8) is 0 Å². The Labute approximate surface area is 83.5 Å². The molecule has 0 fully saturated rings. The van der Waals surface area contributed by atoms with Gasteiger partial charge in [0.15, 0.2) is 0 Å². The van der Waals surface area contributed by atoms with Gasteiger partial charge in [-0.25, -0.2) is 0 Å². The van der Waals surface area contributed by atoms with Crippen LogP contribution in [0, 0.1) is 0 Å². The molecule has 5 nitrogen and oxygen atoms in total. The molecule has 2 N–H and O–H groups in total. The molecule has 1 aliphatic heterocycles. The molecule has 1 amide bonds. The molecule has 0 atom stereocenters. The van der Waals surface area contributed by atoms with Crippen molar-refractivity contribution in [2.45, 2.75) is 6.42 Å². The summed E-state index contributed by atoms with van der Waals surface area (Å²) in [6.07, 6.45) is 2.26. The highest BCUT2D eigenvalue weighted by Gasteiger charge is 2.13. The van der Waals surface area contributed by atoms with Crippen molar-refractivity contribution in [2.24, 2.45) is 0 Å². The molecule has 0 saturated carbocycles. The molecule has 5 heteroatoms. The van der Waals surface area contributed by atoms with Crippen LogP contribution in [0.2, 0.25) is 0 Å². The molecule has 0 radical (unpaired) electrons. The minimum absolute atomic E-state index is 0.208. The van der Waals surface area contributed by atoms with Crippen molar-refractivity contribution in [2.75, 3.05) is 33.4 Å². The van der Waals surface area contributed by atoms with Crippen molar-refractivity contribution in [3.8, 4) is 0 Å². The fourth-order valence-electron chi connectivity index (χ4n) is 1.04. The van der Waals surface area contributed by atoms with E-state index in [1.54, 1.807) is 0 Å². The first kappa shape index (κ1) is 10.8. The summed E-state index contributed by atoms with van der Waals surface area (Å²) in [5, 5.41) is 5.73. The van der Waals surface area contributed by atoms with Crippen LogP contribution in [-0.4, -0.2) is 39.3 Å². The lowest BCUT2D eigenvalue weighted by Crippen LogP contribution is -2.30. The lowest BCUT2D eigenvalue weighted by Gasteiger charge is -2.14. The molecular formula is C9H16N2O3. The lowest BCUT2D eigenvalue weighted by molar-refractivity contribution is -0.122. The second-order valence-corrected chi connectivity index (χ2v) is 2.91. The van der Waals surface area contributed by atoms with Crippen LogP contribution in [0.5, 0.6) is 0 Å². The topological polar surface area (TPSA) is 59.6 Å². The Balaban J connectivity index is 2.17. The van der Waals surface area contributed by atoms with Crippen molar-refractivity contribution >= 4 is 5.91 Å². The summed E-state index contributed by atoms with van der Waals surface area (Å²) in [5.74, 6) is 0.0570. The molecule has 80 valence electrons. The number of carbonyl (C=O) groups is 1. The zero-order valence-electron chi connectivity index (χ0n) is 8.34. The van der Waals surface area contributed by atoms with E-state index in [9.17, 15) is 4.79 Å². The van der Waals surface area contributed by atoms with Crippen LogP contribution in [0.15, 0.2) is 12.0 Å². The quantitative estimate of drug-likeness (QED) is 0.593. The van der Waals surface area contributed by atoms with Gasteiger partial charge >= 0.3 is 0 Å². The van der Waals surface area contributed by atoms with Gasteiger partial charge < -0.3 is 20.1 Å². The monoisotopic (exact) mass is 200 g/mol. The lowest BCUT2D eigenvalue weighted by atomic mass is 10.4. The zero-order chi connectivity index (χ0) is 10.2. The summed E-state index contributed by atoms with van der Waals surface area (Å²) < 4.78 is 10.1. The normalized spacial score (nSPS) is 15.1. The Bertz CT molecular complexity index is 216. The van der Waals surface area contributed by atoms with Gasteiger partial charge in [-0.05, 0) is 20.0 Å². The first-order chi connectivity index (χ1) is 6.84. The van der Waals surface area contributed by atoms with E-state index in [1.165, 1.54) is 6.26 Å². The molecule has 0 aliphatic carbocycles. The third-order valence-corrected chi connectivity index (χ3v) is 1.76. The molecule has 0 aromatic heterocycles. The van der Waals surface area contributed by atoms with Crippen LogP contribution in [0.25, 0.3) is 0 Å². The highest BCUT2D eigenvalue weighted by atomic mass is 16.6. The minimum Gasteiger partial charge on any atom is -0.494 e. The molecule has 0 aromatic carbocycles. The summed E-state index contributed by atoms with van der Waals surface area (Å²) in [7, 11) is 1.88. The molecule has 0 spiro atoms. The van der Waals surface area contributed by atoms with Crippen molar-refractivity contribution in [1.82, 2.24) is 10.6 Å². The summed E-state index contributed by atoms with van der Waals surface area (Å²) in [4.78, 5) is 11.4. The Hall–Kier alpha value is -1.23. The number of nitrogens with one attached hydrogen (secondary N) is 2. The Morgan fingerprint density at radius 2 is 2.36 bits per heavy atom. The first-order valence-corrected chi connectivity index (χ1v) is 4.72. The highest BCUT2D eigenvalue weighted by molar-refractivity contribution is 5.91. The van der Waals surface area contributed by atoms with Crippen molar-refractivity contribution in [3.05, 3.63) is 12.0 Å². The van der Waals surface area contributed by atoms with Crippen LogP contribution < -0.4 is 10.6 Å². The van der Waals surface area contributed by atoms with Gasteiger partial charge in [0, 0.05) is 6.54 Å². The summed E-state index contributed by atoms with van der Waals surface area (Å²) in [6, 6.07) is 0. The maximum absolute atomic E-state index is 11.4. The predicted molar refractivity (Wildman–Crippen MR) is 51.5 cm³/mol. The Kier molecular flexibility index (Phi) is 4.85. The molecule has 0 bridgehead atoms. The first-order valence-electron chi connectivity index (χ1n) is 4.72. The van der Waals surface area contributed by atoms with Crippen molar-refractivity contribution < 1.29 is 14.3 Å². The summed E-state index contributed by atoms with van der Waals surface area (Å²) in [5.41, 5.74) is 0. The Morgan fingerprint density at radius 3 is 3.00 bits per heavy atom. The fraction of sp³-hybridized carbons (Fsp3) is 0.667. The number of carbonyl (C=O) groups excluding carboxylic acids is 1. The average molecular weight is 200 g/mol. The van der Waals surface area contributed by atoms with Crippen LogP contribution in [-0.2, 0) is 14.3 Å². The van der Waals surface area contributed by atoms with Crippen LogP contribution in [0.1, 0.15) is 6.42 Å². The van der Waals surface area contributed by atoms with Crippen LogP contribution >= 0.6 is 0 Å². The molecule has 0 aromatic rings. The van der Waals surface area contributed by atoms with E-state index in [1.807, 2.05) is 7.05 Å². The summed E-state index contributed by atoms with van der Waals surface area (Å²) >= 11 is 0. The number of hydrogen-bond acceptors (Lipinski definition) is 4. The highest BCUT2D eigenvalue weighted by Crippen LogP contribution is 2.03. The SMILES string of the molecule is CNCCCNC(=O)C1=COCCO1. The summed E-state index contributed by atoms with van der Waals surface area (Å²) in [6.45, 7) is 2.48. The molecule has 0 saturated heterocycles.